The molecule has 0 saturated carbocycles. The second-order valence-electron chi connectivity index (χ2n) is 4.14. The van der Waals surface area contributed by atoms with Gasteiger partial charge in [0, 0.05) is 31.4 Å². The number of benzene rings is 1. The maximum atomic E-state index is 13.3. The Bertz CT molecular complexity index is 380. The molecule has 1 aliphatic heterocycles. The second kappa shape index (κ2) is 5.44. The number of anilines is 1. The number of rotatable bonds is 3. The first-order chi connectivity index (χ1) is 8.22. The van der Waals surface area contributed by atoms with Crippen molar-refractivity contribution in [2.24, 2.45) is 11.5 Å². The molecule has 0 aliphatic carbocycles. The van der Waals surface area contributed by atoms with Crippen molar-refractivity contribution in [3.63, 3.8) is 0 Å². The molecule has 94 valence electrons. The Balaban J connectivity index is 2.30. The highest BCUT2D eigenvalue weighted by Crippen LogP contribution is 2.26. The summed E-state index contributed by atoms with van der Waals surface area (Å²) in [7, 11) is 0. The van der Waals surface area contributed by atoms with E-state index in [1.807, 2.05) is 0 Å². The van der Waals surface area contributed by atoms with Crippen LogP contribution in [0.2, 0.25) is 0 Å². The molecule has 4 N–H and O–H groups in total. The molecule has 0 bridgehead atoms. The molecule has 1 fully saturated rings. The molecule has 1 aromatic carbocycles. The molecule has 1 aromatic rings. The van der Waals surface area contributed by atoms with Gasteiger partial charge in [-0.2, -0.15) is 0 Å². The summed E-state index contributed by atoms with van der Waals surface area (Å²) in [6.07, 6.45) is 0. The van der Waals surface area contributed by atoms with E-state index in [0.717, 1.165) is 24.3 Å². The number of hydrogen-bond acceptors (Lipinski definition) is 4. The molecule has 1 unspecified atom stereocenters. The van der Waals surface area contributed by atoms with Gasteiger partial charge in [0.1, 0.15) is 5.82 Å². The van der Waals surface area contributed by atoms with Crippen LogP contribution in [0.15, 0.2) is 18.2 Å². The molecule has 0 aromatic heterocycles. The summed E-state index contributed by atoms with van der Waals surface area (Å²) in [4.78, 5) is 2.16. The summed E-state index contributed by atoms with van der Waals surface area (Å²) in [6.45, 7) is 3.29. The van der Waals surface area contributed by atoms with Gasteiger partial charge in [-0.05, 0) is 23.8 Å². The predicted octanol–water partition coefficient (Wildman–Crippen LogP) is 0.621. The summed E-state index contributed by atoms with van der Waals surface area (Å²) >= 11 is 0. The highest BCUT2D eigenvalue weighted by Gasteiger charge is 2.18. The molecule has 0 radical (unpaired) electrons. The van der Waals surface area contributed by atoms with Crippen molar-refractivity contribution < 1.29 is 9.13 Å². The van der Waals surface area contributed by atoms with Crippen LogP contribution < -0.4 is 16.4 Å². The fraction of sp³-hybridized carbons (Fsp3) is 0.500. The number of ether oxygens (including phenoxy) is 1. The van der Waals surface area contributed by atoms with E-state index in [2.05, 4.69) is 4.90 Å². The van der Waals surface area contributed by atoms with E-state index in [-0.39, 0.29) is 11.9 Å². The van der Waals surface area contributed by atoms with Gasteiger partial charge in [0.05, 0.1) is 13.2 Å². The Labute approximate surface area is 100 Å². The molecular formula is C12H18FN3O. The van der Waals surface area contributed by atoms with Crippen LogP contribution in [0.5, 0.6) is 0 Å². The maximum absolute atomic E-state index is 13.3. The number of halogens is 1. The summed E-state index contributed by atoms with van der Waals surface area (Å²) in [5.41, 5.74) is 13.2. The van der Waals surface area contributed by atoms with E-state index in [4.69, 9.17) is 16.2 Å². The molecule has 4 nitrogen and oxygen atoms in total. The Morgan fingerprint density at radius 2 is 2.06 bits per heavy atom. The third-order valence-electron chi connectivity index (χ3n) is 2.99. The lowest BCUT2D eigenvalue weighted by Crippen LogP contribution is -2.37. The lowest BCUT2D eigenvalue weighted by Gasteiger charge is -2.31. The van der Waals surface area contributed by atoms with Crippen molar-refractivity contribution in [2.75, 3.05) is 37.7 Å². The van der Waals surface area contributed by atoms with Crippen molar-refractivity contribution in [2.45, 2.75) is 6.04 Å². The van der Waals surface area contributed by atoms with Gasteiger partial charge in [-0.3, -0.25) is 0 Å². The fourth-order valence-electron chi connectivity index (χ4n) is 2.04. The summed E-state index contributed by atoms with van der Waals surface area (Å²) < 4.78 is 18.6. The fourth-order valence-corrected chi connectivity index (χ4v) is 2.04. The Kier molecular flexibility index (Phi) is 3.93. The minimum atomic E-state index is -0.330. The van der Waals surface area contributed by atoms with Gasteiger partial charge in [-0.1, -0.05) is 0 Å². The highest BCUT2D eigenvalue weighted by atomic mass is 19.1. The van der Waals surface area contributed by atoms with Crippen LogP contribution in [0.1, 0.15) is 11.6 Å². The van der Waals surface area contributed by atoms with Crippen molar-refractivity contribution in [3.05, 3.63) is 29.6 Å². The third kappa shape index (κ3) is 2.74. The molecule has 0 spiro atoms. The Morgan fingerprint density at radius 1 is 1.35 bits per heavy atom. The van der Waals surface area contributed by atoms with Crippen LogP contribution in [0.3, 0.4) is 0 Å². The van der Waals surface area contributed by atoms with Gasteiger partial charge < -0.3 is 21.1 Å². The summed E-state index contributed by atoms with van der Waals surface area (Å²) in [5, 5.41) is 0. The molecule has 1 saturated heterocycles. The van der Waals surface area contributed by atoms with E-state index < -0.39 is 0 Å². The van der Waals surface area contributed by atoms with E-state index in [1.54, 1.807) is 6.07 Å². The monoisotopic (exact) mass is 239 g/mol. The molecule has 2 rings (SSSR count). The van der Waals surface area contributed by atoms with Gasteiger partial charge >= 0.3 is 0 Å². The highest BCUT2D eigenvalue weighted by molar-refractivity contribution is 5.55. The van der Waals surface area contributed by atoms with Gasteiger partial charge in [0.15, 0.2) is 0 Å². The van der Waals surface area contributed by atoms with Gasteiger partial charge in [0.2, 0.25) is 0 Å². The van der Waals surface area contributed by atoms with Crippen molar-refractivity contribution in [1.29, 1.82) is 0 Å². The molecule has 5 heteroatoms. The molecule has 17 heavy (non-hydrogen) atoms. The number of morpholine rings is 1. The van der Waals surface area contributed by atoms with Crippen LogP contribution in [0.4, 0.5) is 10.1 Å². The van der Waals surface area contributed by atoms with Crippen LogP contribution in [0, 0.1) is 5.82 Å². The van der Waals surface area contributed by atoms with E-state index in [0.29, 0.717) is 19.8 Å². The van der Waals surface area contributed by atoms with Crippen molar-refractivity contribution in [3.8, 4) is 0 Å². The summed E-state index contributed by atoms with van der Waals surface area (Å²) in [5.74, 6) is -0.277. The summed E-state index contributed by atoms with van der Waals surface area (Å²) in [6, 6.07) is 4.37. The molecule has 1 aliphatic rings. The maximum Gasteiger partial charge on any atom is 0.123 e. The minimum absolute atomic E-state index is 0.277. The first kappa shape index (κ1) is 12.3. The van der Waals surface area contributed by atoms with Crippen molar-refractivity contribution >= 4 is 5.69 Å². The largest absolute Gasteiger partial charge is 0.378 e. The van der Waals surface area contributed by atoms with Crippen LogP contribution in [-0.4, -0.2) is 32.8 Å². The quantitative estimate of drug-likeness (QED) is 0.811. The molecule has 1 heterocycles. The normalized spacial score (nSPS) is 18.2. The molecule has 0 amide bonds. The topological polar surface area (TPSA) is 64.5 Å². The average Bonchev–Trinajstić information content (AvgIpc) is 2.38. The first-order valence-corrected chi connectivity index (χ1v) is 5.80. The van der Waals surface area contributed by atoms with Crippen LogP contribution in [-0.2, 0) is 4.74 Å². The van der Waals surface area contributed by atoms with Gasteiger partial charge in [0.25, 0.3) is 0 Å². The van der Waals surface area contributed by atoms with E-state index >= 15 is 0 Å². The average molecular weight is 239 g/mol. The Morgan fingerprint density at radius 3 is 2.71 bits per heavy atom. The van der Waals surface area contributed by atoms with Gasteiger partial charge in [-0.25, -0.2) is 4.39 Å². The van der Waals surface area contributed by atoms with Crippen molar-refractivity contribution in [1.82, 2.24) is 0 Å². The standard InChI is InChI=1S/C12H18FN3O/c13-9-1-2-12(10(7-9)11(15)8-14)16-3-5-17-6-4-16/h1-2,7,11H,3-6,8,14-15H2. The zero-order valence-corrected chi connectivity index (χ0v) is 9.73. The van der Waals surface area contributed by atoms with E-state index in [1.165, 1.54) is 12.1 Å². The van der Waals surface area contributed by atoms with Gasteiger partial charge in [-0.15, -0.1) is 0 Å². The van der Waals surface area contributed by atoms with E-state index in [9.17, 15) is 4.39 Å². The number of hydrogen-bond donors (Lipinski definition) is 2. The molecular weight excluding hydrogens is 221 g/mol. The smallest absolute Gasteiger partial charge is 0.123 e. The first-order valence-electron chi connectivity index (χ1n) is 5.80. The molecule has 1 atom stereocenters. The zero-order valence-electron chi connectivity index (χ0n) is 9.73. The van der Waals surface area contributed by atoms with Crippen LogP contribution >= 0.6 is 0 Å². The Hall–Kier alpha value is -1.17. The zero-order chi connectivity index (χ0) is 12.3. The lowest BCUT2D eigenvalue weighted by atomic mass is 10.0. The number of nitrogens with zero attached hydrogens (tertiary/aromatic N) is 1. The second-order valence-corrected chi connectivity index (χ2v) is 4.14. The number of nitrogens with two attached hydrogens (primary N) is 2. The lowest BCUT2D eigenvalue weighted by molar-refractivity contribution is 0.122. The van der Waals surface area contributed by atoms with Crippen LogP contribution in [0.25, 0.3) is 0 Å². The minimum Gasteiger partial charge on any atom is -0.378 e. The SMILES string of the molecule is NCC(N)c1cc(F)ccc1N1CCOCC1. The predicted molar refractivity (Wildman–Crippen MR) is 65.4 cm³/mol. The third-order valence-corrected chi connectivity index (χ3v) is 2.99.